The summed E-state index contributed by atoms with van der Waals surface area (Å²) in [5.74, 6) is -0.475. The number of hydrogen-bond donors (Lipinski definition) is 2. The van der Waals surface area contributed by atoms with Crippen molar-refractivity contribution in [2.75, 3.05) is 6.54 Å². The van der Waals surface area contributed by atoms with E-state index in [1.165, 1.54) is 4.57 Å². The molecule has 0 bridgehead atoms. The average molecular weight is 395 g/mol. The molecular formula is C17H19ClN4O3S. The van der Waals surface area contributed by atoms with Crippen molar-refractivity contribution in [3.05, 3.63) is 46.2 Å². The van der Waals surface area contributed by atoms with Gasteiger partial charge in [-0.3, -0.25) is 19.5 Å². The highest BCUT2D eigenvalue weighted by molar-refractivity contribution is 8.00. The first kappa shape index (κ1) is 20.0. The second kappa shape index (κ2) is 8.86. The quantitative estimate of drug-likeness (QED) is 0.446. The average Bonchev–Trinajstić information content (AvgIpc) is 2.59. The number of halogens is 1. The lowest BCUT2D eigenvalue weighted by Gasteiger charge is -2.15. The summed E-state index contributed by atoms with van der Waals surface area (Å²) in [6.07, 6.45) is 1.57. The number of carbonyl (C=O) groups excluding carboxylic acids is 2. The van der Waals surface area contributed by atoms with Crippen molar-refractivity contribution < 1.29 is 9.59 Å². The van der Waals surface area contributed by atoms with Crippen LogP contribution in [-0.4, -0.2) is 33.3 Å². The Bertz CT molecular complexity index is 913. The summed E-state index contributed by atoms with van der Waals surface area (Å²) in [5.41, 5.74) is 0.217. The first-order valence-corrected chi connectivity index (χ1v) is 9.19. The third kappa shape index (κ3) is 4.64. The molecule has 0 fully saturated rings. The molecule has 138 valence electrons. The normalized spacial score (nSPS) is 11.8. The molecule has 0 aliphatic carbocycles. The maximum absolute atomic E-state index is 12.7. The number of nitrogens with one attached hydrogen (secondary N) is 2. The van der Waals surface area contributed by atoms with Gasteiger partial charge in [0.25, 0.3) is 5.56 Å². The number of benzene rings is 1. The van der Waals surface area contributed by atoms with Gasteiger partial charge in [-0.1, -0.05) is 29.4 Å². The van der Waals surface area contributed by atoms with Gasteiger partial charge in [-0.15, -0.1) is 6.58 Å². The van der Waals surface area contributed by atoms with E-state index >= 15 is 0 Å². The minimum Gasteiger partial charge on any atom is -0.338 e. The molecule has 1 aromatic carbocycles. The minimum atomic E-state index is -0.634. The summed E-state index contributed by atoms with van der Waals surface area (Å²) in [6.45, 7) is 7.69. The van der Waals surface area contributed by atoms with Gasteiger partial charge in [-0.05, 0) is 32.0 Å². The van der Waals surface area contributed by atoms with Crippen molar-refractivity contribution in [1.29, 1.82) is 0 Å². The topological polar surface area (TPSA) is 93.1 Å². The second-order valence-corrected chi connectivity index (χ2v) is 7.11. The Morgan fingerprint density at radius 3 is 2.85 bits per heavy atom. The van der Waals surface area contributed by atoms with E-state index in [4.69, 9.17) is 11.6 Å². The van der Waals surface area contributed by atoms with Crippen molar-refractivity contribution in [3.8, 4) is 0 Å². The Morgan fingerprint density at radius 2 is 2.19 bits per heavy atom. The van der Waals surface area contributed by atoms with Crippen LogP contribution in [0.5, 0.6) is 0 Å². The zero-order valence-corrected chi connectivity index (χ0v) is 16.0. The number of fused-ring (bicyclic) bond motifs is 1. The van der Waals surface area contributed by atoms with Crippen molar-refractivity contribution >= 4 is 46.2 Å². The monoisotopic (exact) mass is 394 g/mol. The van der Waals surface area contributed by atoms with Gasteiger partial charge in [0.1, 0.15) is 0 Å². The molecule has 0 spiro atoms. The molecule has 2 aromatic rings. The van der Waals surface area contributed by atoms with Gasteiger partial charge in [0, 0.05) is 18.1 Å². The van der Waals surface area contributed by atoms with Crippen LogP contribution in [0.1, 0.15) is 13.8 Å². The second-order valence-electron chi connectivity index (χ2n) is 5.37. The number of amides is 3. The van der Waals surface area contributed by atoms with Gasteiger partial charge in [0.2, 0.25) is 5.91 Å². The molecule has 0 unspecified atom stereocenters. The van der Waals surface area contributed by atoms with Crippen LogP contribution in [0.3, 0.4) is 0 Å². The van der Waals surface area contributed by atoms with Crippen LogP contribution < -0.4 is 16.2 Å². The number of hydrogen-bond acceptors (Lipinski definition) is 5. The lowest BCUT2D eigenvalue weighted by Crippen LogP contribution is -2.42. The first-order valence-electron chi connectivity index (χ1n) is 7.93. The molecule has 2 rings (SSSR count). The summed E-state index contributed by atoms with van der Waals surface area (Å²) in [6, 6.07) is 4.30. The van der Waals surface area contributed by atoms with E-state index in [2.05, 4.69) is 22.2 Å². The fraction of sp³-hybridized carbons (Fsp3) is 0.294. The standard InChI is InChI=1S/C17H19ClN4O3S/c1-4-8-22-15(24)12-9-11(18)6-7-13(12)20-17(22)26-10(3)14(23)21-16(25)19-5-2/h4,6-7,9-10H,1,5,8H2,2-3H3,(H2,19,21,23,25)/t10-/m0/s1. The third-order valence-corrected chi connectivity index (χ3v) is 4.74. The van der Waals surface area contributed by atoms with Crippen LogP contribution in [0.15, 0.2) is 40.8 Å². The largest absolute Gasteiger partial charge is 0.338 e. The van der Waals surface area contributed by atoms with Gasteiger partial charge in [-0.2, -0.15) is 0 Å². The Hall–Kier alpha value is -2.32. The van der Waals surface area contributed by atoms with Crippen molar-refractivity contribution in [2.45, 2.75) is 30.8 Å². The van der Waals surface area contributed by atoms with Crippen LogP contribution in [0, 0.1) is 0 Å². The van der Waals surface area contributed by atoms with E-state index < -0.39 is 17.2 Å². The third-order valence-electron chi connectivity index (χ3n) is 3.42. The lowest BCUT2D eigenvalue weighted by atomic mass is 10.2. The molecule has 0 radical (unpaired) electrons. The summed E-state index contributed by atoms with van der Waals surface area (Å²) in [7, 11) is 0. The zero-order valence-electron chi connectivity index (χ0n) is 14.4. The SMILES string of the molecule is C=CCn1c(S[C@@H](C)C(=O)NC(=O)NCC)nc2ccc(Cl)cc2c1=O. The van der Waals surface area contributed by atoms with Crippen LogP contribution in [0.25, 0.3) is 10.9 Å². The van der Waals surface area contributed by atoms with Crippen LogP contribution in [0.2, 0.25) is 5.02 Å². The highest BCUT2D eigenvalue weighted by Gasteiger charge is 2.20. The number of rotatable bonds is 6. The maximum Gasteiger partial charge on any atom is 0.321 e. The first-order chi connectivity index (χ1) is 12.4. The molecule has 1 aromatic heterocycles. The fourth-order valence-corrected chi connectivity index (χ4v) is 3.27. The molecule has 0 aliphatic rings. The zero-order chi connectivity index (χ0) is 19.3. The highest BCUT2D eigenvalue weighted by Crippen LogP contribution is 2.23. The number of thioether (sulfide) groups is 1. The predicted molar refractivity (Wildman–Crippen MR) is 104 cm³/mol. The number of aromatic nitrogens is 2. The van der Waals surface area contributed by atoms with Gasteiger partial charge in [0.05, 0.1) is 16.2 Å². The highest BCUT2D eigenvalue weighted by atomic mass is 35.5. The number of imide groups is 1. The maximum atomic E-state index is 12.7. The van der Waals surface area contributed by atoms with Crippen molar-refractivity contribution in [3.63, 3.8) is 0 Å². The van der Waals surface area contributed by atoms with Crippen molar-refractivity contribution in [1.82, 2.24) is 20.2 Å². The molecule has 1 atom stereocenters. The molecule has 7 nitrogen and oxygen atoms in total. The van der Waals surface area contributed by atoms with Gasteiger partial charge in [-0.25, -0.2) is 9.78 Å². The molecule has 0 aliphatic heterocycles. The Labute approximate surface area is 159 Å². The summed E-state index contributed by atoms with van der Waals surface area (Å²) in [4.78, 5) is 40.9. The van der Waals surface area contributed by atoms with E-state index in [1.54, 1.807) is 38.1 Å². The molecule has 0 saturated carbocycles. The van der Waals surface area contributed by atoms with Gasteiger partial charge >= 0.3 is 6.03 Å². The molecule has 2 N–H and O–H groups in total. The van der Waals surface area contributed by atoms with Crippen molar-refractivity contribution in [2.24, 2.45) is 0 Å². The summed E-state index contributed by atoms with van der Waals surface area (Å²) >= 11 is 7.06. The number of nitrogens with zero attached hydrogens (tertiary/aromatic N) is 2. The van der Waals surface area contributed by atoms with Crippen LogP contribution in [-0.2, 0) is 11.3 Å². The van der Waals surface area contributed by atoms with Crippen LogP contribution in [0.4, 0.5) is 4.79 Å². The predicted octanol–water partition coefficient (Wildman–Crippen LogP) is 2.56. The van der Waals surface area contributed by atoms with Crippen LogP contribution >= 0.6 is 23.4 Å². The van der Waals surface area contributed by atoms with Gasteiger partial charge in [0.15, 0.2) is 5.16 Å². The van der Waals surface area contributed by atoms with E-state index in [1.807, 2.05) is 0 Å². The lowest BCUT2D eigenvalue weighted by molar-refractivity contribution is -0.119. The smallest absolute Gasteiger partial charge is 0.321 e. The minimum absolute atomic E-state index is 0.237. The summed E-state index contributed by atoms with van der Waals surface area (Å²) < 4.78 is 1.42. The molecular weight excluding hydrogens is 376 g/mol. The van der Waals surface area contributed by atoms with Gasteiger partial charge < -0.3 is 5.32 Å². The van der Waals surface area contributed by atoms with E-state index in [9.17, 15) is 14.4 Å². The number of urea groups is 1. The Balaban J connectivity index is 2.35. The van der Waals surface area contributed by atoms with E-state index in [0.29, 0.717) is 27.6 Å². The Morgan fingerprint density at radius 1 is 1.46 bits per heavy atom. The Kier molecular flexibility index (Phi) is 6.82. The molecule has 26 heavy (non-hydrogen) atoms. The molecule has 0 saturated heterocycles. The molecule has 3 amide bonds. The number of carbonyl (C=O) groups is 2. The summed E-state index contributed by atoms with van der Waals surface area (Å²) in [5, 5.41) is 5.30. The van der Waals surface area contributed by atoms with E-state index in [-0.39, 0.29) is 12.1 Å². The number of allylic oxidation sites excluding steroid dienone is 1. The van der Waals surface area contributed by atoms with E-state index in [0.717, 1.165) is 11.8 Å². The fourth-order valence-electron chi connectivity index (χ4n) is 2.18. The molecule has 1 heterocycles. The molecule has 9 heteroatoms.